The van der Waals surface area contributed by atoms with E-state index in [-0.39, 0.29) is 12.2 Å². The lowest BCUT2D eigenvalue weighted by atomic mass is 9.47. The van der Waals surface area contributed by atoms with Gasteiger partial charge in [-0.3, -0.25) is 0 Å². The molecule has 3 fully saturated rings. The number of allylic oxidation sites excluding steroid dienone is 1. The summed E-state index contributed by atoms with van der Waals surface area (Å²) in [5, 5.41) is 2.80. The van der Waals surface area contributed by atoms with Crippen LogP contribution in [0.3, 0.4) is 0 Å². The number of hydrogen-bond acceptors (Lipinski definition) is 2. The molecule has 33 heavy (non-hydrogen) atoms. The lowest BCUT2D eigenvalue weighted by molar-refractivity contribution is -0.0581. The molecule has 0 aliphatic heterocycles. The van der Waals surface area contributed by atoms with Crippen LogP contribution in [0.15, 0.2) is 11.6 Å². The molecule has 4 aliphatic carbocycles. The summed E-state index contributed by atoms with van der Waals surface area (Å²) in [6, 6.07) is 0. The molecule has 0 saturated heterocycles. The fourth-order valence-corrected chi connectivity index (χ4v) is 9.09. The molecule has 4 rings (SSSR count). The highest BCUT2D eigenvalue weighted by Crippen LogP contribution is 2.67. The van der Waals surface area contributed by atoms with Crippen LogP contribution in [-0.4, -0.2) is 18.7 Å². The van der Waals surface area contributed by atoms with Crippen molar-refractivity contribution in [3.63, 3.8) is 0 Å². The Morgan fingerprint density at radius 2 is 1.88 bits per heavy atom. The van der Waals surface area contributed by atoms with E-state index in [1.807, 2.05) is 6.92 Å². The van der Waals surface area contributed by atoms with Crippen LogP contribution in [0.5, 0.6) is 0 Å². The van der Waals surface area contributed by atoms with E-state index in [2.05, 4.69) is 46.0 Å². The summed E-state index contributed by atoms with van der Waals surface area (Å²) >= 11 is 0. The Hall–Kier alpha value is -0.990. The molecule has 3 heteroatoms. The molecule has 0 heterocycles. The fraction of sp³-hybridized carbons (Fsp3) is 0.900. The Labute approximate surface area is 203 Å². The topological polar surface area (TPSA) is 38.3 Å². The SMILES string of the molecule is CCNC(=O)O[C@H]1CC[C@@]2(C)C(=CCC3C4CCC(C(C)CCCC(C)C)[C@@]4(C)CCC32)C1. The Morgan fingerprint density at radius 3 is 2.61 bits per heavy atom. The summed E-state index contributed by atoms with van der Waals surface area (Å²) < 4.78 is 5.74. The Morgan fingerprint density at radius 1 is 1.09 bits per heavy atom. The Bertz CT molecular complexity index is 729. The predicted octanol–water partition coefficient (Wildman–Crippen LogP) is 8.14. The molecule has 5 unspecified atom stereocenters. The van der Waals surface area contributed by atoms with Gasteiger partial charge >= 0.3 is 6.09 Å². The van der Waals surface area contributed by atoms with Crippen LogP contribution in [0.25, 0.3) is 0 Å². The molecule has 188 valence electrons. The highest BCUT2D eigenvalue weighted by Gasteiger charge is 2.59. The number of carbonyl (C=O) groups excluding carboxylic acids is 1. The van der Waals surface area contributed by atoms with Crippen molar-refractivity contribution in [3.8, 4) is 0 Å². The van der Waals surface area contributed by atoms with Gasteiger partial charge in [-0.15, -0.1) is 0 Å². The molecular formula is C30H51NO2. The summed E-state index contributed by atoms with van der Waals surface area (Å²) in [5.41, 5.74) is 2.48. The van der Waals surface area contributed by atoms with Crippen LogP contribution in [0, 0.1) is 46.3 Å². The monoisotopic (exact) mass is 457 g/mol. The van der Waals surface area contributed by atoms with E-state index in [0.29, 0.717) is 17.4 Å². The molecule has 4 aliphatic rings. The minimum absolute atomic E-state index is 0.0591. The second-order valence-electron chi connectivity index (χ2n) is 13.1. The van der Waals surface area contributed by atoms with Crippen molar-refractivity contribution in [1.82, 2.24) is 5.32 Å². The summed E-state index contributed by atoms with van der Waals surface area (Å²) in [6.45, 7) is 15.1. The molecular weight excluding hydrogens is 406 g/mol. The lowest BCUT2D eigenvalue weighted by Gasteiger charge is -2.58. The standard InChI is InChI=1S/C30H51NO2/c1-7-31-28(32)33-23-15-17-29(5)22(19-23)11-12-24-26-14-13-25(21(4)10-8-9-20(2)3)30(26,6)18-16-27(24)29/h11,20-21,23-27H,7-10,12-19H2,1-6H3,(H,31,32)/t21?,23-,24?,25?,26?,27?,29-,30+/m0/s1. The van der Waals surface area contributed by atoms with E-state index in [1.165, 1.54) is 57.8 Å². The molecule has 0 spiro atoms. The van der Waals surface area contributed by atoms with Crippen LogP contribution in [0.2, 0.25) is 0 Å². The maximum Gasteiger partial charge on any atom is 0.407 e. The van der Waals surface area contributed by atoms with Crippen molar-refractivity contribution >= 4 is 6.09 Å². The van der Waals surface area contributed by atoms with Crippen molar-refractivity contribution in [3.05, 3.63) is 11.6 Å². The van der Waals surface area contributed by atoms with Gasteiger partial charge in [0, 0.05) is 13.0 Å². The highest BCUT2D eigenvalue weighted by molar-refractivity contribution is 5.67. The first-order valence-electron chi connectivity index (χ1n) is 14.3. The smallest absolute Gasteiger partial charge is 0.407 e. The summed E-state index contributed by atoms with van der Waals surface area (Å²) in [4.78, 5) is 12.0. The maximum absolute atomic E-state index is 12.0. The number of nitrogens with one attached hydrogen (secondary N) is 1. The molecule has 1 N–H and O–H groups in total. The predicted molar refractivity (Wildman–Crippen MR) is 137 cm³/mol. The summed E-state index contributed by atoms with van der Waals surface area (Å²) in [7, 11) is 0. The zero-order valence-corrected chi connectivity index (χ0v) is 22.4. The van der Waals surface area contributed by atoms with Gasteiger partial charge in [0.1, 0.15) is 6.10 Å². The summed E-state index contributed by atoms with van der Waals surface area (Å²) in [6.07, 6.45) is 16.8. The first-order valence-corrected chi connectivity index (χ1v) is 14.3. The zero-order valence-electron chi connectivity index (χ0n) is 22.4. The molecule has 3 saturated carbocycles. The number of hydrogen-bond donors (Lipinski definition) is 1. The highest BCUT2D eigenvalue weighted by atomic mass is 16.6. The Balaban J connectivity index is 1.43. The molecule has 3 nitrogen and oxygen atoms in total. The van der Waals surface area contributed by atoms with Gasteiger partial charge in [0.15, 0.2) is 0 Å². The lowest BCUT2D eigenvalue weighted by Crippen LogP contribution is -2.51. The van der Waals surface area contributed by atoms with Gasteiger partial charge in [-0.2, -0.15) is 0 Å². The molecule has 0 bridgehead atoms. The van der Waals surface area contributed by atoms with Crippen LogP contribution in [-0.2, 0) is 4.74 Å². The van der Waals surface area contributed by atoms with Gasteiger partial charge in [0.05, 0.1) is 0 Å². The van der Waals surface area contributed by atoms with E-state index in [1.54, 1.807) is 5.57 Å². The van der Waals surface area contributed by atoms with Crippen molar-refractivity contribution in [1.29, 1.82) is 0 Å². The average Bonchev–Trinajstić information content (AvgIpc) is 3.11. The van der Waals surface area contributed by atoms with E-state index in [0.717, 1.165) is 48.3 Å². The van der Waals surface area contributed by atoms with Gasteiger partial charge in [-0.05, 0) is 98.2 Å². The average molecular weight is 458 g/mol. The van der Waals surface area contributed by atoms with Crippen molar-refractivity contribution in [2.24, 2.45) is 46.3 Å². The number of amides is 1. The molecule has 0 aromatic carbocycles. The van der Waals surface area contributed by atoms with Crippen molar-refractivity contribution in [2.45, 2.75) is 118 Å². The maximum atomic E-state index is 12.0. The quantitative estimate of drug-likeness (QED) is 0.392. The van der Waals surface area contributed by atoms with Gasteiger partial charge in [-0.25, -0.2) is 4.79 Å². The molecule has 0 aromatic heterocycles. The van der Waals surface area contributed by atoms with E-state index < -0.39 is 0 Å². The first-order chi connectivity index (χ1) is 15.7. The normalized spacial score (nSPS) is 40.9. The number of fused-ring (bicyclic) bond motifs is 5. The number of alkyl carbamates (subject to hydrolysis) is 1. The van der Waals surface area contributed by atoms with Crippen LogP contribution in [0.1, 0.15) is 112 Å². The number of rotatable bonds is 7. The third-order valence-electron chi connectivity index (χ3n) is 10.9. The molecule has 1 amide bonds. The van der Waals surface area contributed by atoms with Gasteiger partial charge < -0.3 is 10.1 Å². The van der Waals surface area contributed by atoms with E-state index >= 15 is 0 Å². The minimum Gasteiger partial charge on any atom is -0.446 e. The van der Waals surface area contributed by atoms with Crippen molar-refractivity contribution in [2.75, 3.05) is 6.54 Å². The first kappa shape index (κ1) is 25.1. The van der Waals surface area contributed by atoms with Crippen LogP contribution < -0.4 is 5.32 Å². The molecule has 8 atom stereocenters. The fourth-order valence-electron chi connectivity index (χ4n) is 9.09. The number of ether oxygens (including phenoxy) is 1. The largest absolute Gasteiger partial charge is 0.446 e. The second kappa shape index (κ2) is 9.94. The number of carbonyl (C=O) groups is 1. The zero-order chi connectivity index (χ0) is 23.8. The molecule has 0 aromatic rings. The van der Waals surface area contributed by atoms with Crippen LogP contribution >= 0.6 is 0 Å². The van der Waals surface area contributed by atoms with Gasteiger partial charge in [-0.1, -0.05) is 65.5 Å². The Kier molecular flexibility index (Phi) is 7.56. The van der Waals surface area contributed by atoms with Crippen LogP contribution in [0.4, 0.5) is 4.79 Å². The van der Waals surface area contributed by atoms with Gasteiger partial charge in [0.2, 0.25) is 0 Å². The minimum atomic E-state index is -0.242. The van der Waals surface area contributed by atoms with E-state index in [4.69, 9.17) is 4.74 Å². The van der Waals surface area contributed by atoms with E-state index in [9.17, 15) is 4.79 Å². The molecule has 0 radical (unpaired) electrons. The second-order valence-corrected chi connectivity index (χ2v) is 13.1. The van der Waals surface area contributed by atoms with Gasteiger partial charge in [0.25, 0.3) is 0 Å². The van der Waals surface area contributed by atoms with Crippen molar-refractivity contribution < 1.29 is 9.53 Å². The summed E-state index contributed by atoms with van der Waals surface area (Å²) in [5.74, 6) is 5.25. The third-order valence-corrected chi connectivity index (χ3v) is 10.9. The third kappa shape index (κ3) is 4.76.